The van der Waals surface area contributed by atoms with E-state index in [-0.39, 0.29) is 36.3 Å². The highest BCUT2D eigenvalue weighted by molar-refractivity contribution is 6.32. The summed E-state index contributed by atoms with van der Waals surface area (Å²) in [5.41, 5.74) is 1.81. The van der Waals surface area contributed by atoms with E-state index >= 15 is 0 Å². The van der Waals surface area contributed by atoms with Crippen molar-refractivity contribution in [2.24, 2.45) is 0 Å². The summed E-state index contributed by atoms with van der Waals surface area (Å²) in [6.07, 6.45) is 4.54. The summed E-state index contributed by atoms with van der Waals surface area (Å²) in [5.74, 6) is -0.545. The normalized spacial score (nSPS) is 17.6. The van der Waals surface area contributed by atoms with E-state index in [1.165, 1.54) is 17.1 Å². The second-order valence-corrected chi connectivity index (χ2v) is 10.8. The summed E-state index contributed by atoms with van der Waals surface area (Å²) in [6, 6.07) is 12.7. The van der Waals surface area contributed by atoms with E-state index < -0.39 is 18.0 Å². The molecule has 0 saturated heterocycles. The molecule has 0 fully saturated rings. The lowest BCUT2D eigenvalue weighted by Crippen LogP contribution is -2.48. The molecule has 44 heavy (non-hydrogen) atoms. The topological polar surface area (TPSA) is 162 Å². The van der Waals surface area contributed by atoms with Crippen LogP contribution in [0, 0.1) is 0 Å². The zero-order chi connectivity index (χ0) is 30.9. The van der Waals surface area contributed by atoms with Gasteiger partial charge in [0.15, 0.2) is 0 Å². The van der Waals surface area contributed by atoms with Crippen LogP contribution in [-0.4, -0.2) is 83.6 Å². The third kappa shape index (κ3) is 7.95. The molecule has 4 heterocycles. The van der Waals surface area contributed by atoms with Gasteiger partial charge in [0.25, 0.3) is 5.91 Å². The number of carbonyl (C=O) groups excluding carboxylic acids is 3. The number of halogens is 1. The molecule has 4 bridgehead atoms. The van der Waals surface area contributed by atoms with Crippen molar-refractivity contribution in [2.75, 3.05) is 19.7 Å². The number of nitrogens with zero attached hydrogens (tertiary/aromatic N) is 8. The van der Waals surface area contributed by atoms with Gasteiger partial charge in [0.1, 0.15) is 29.9 Å². The molecule has 6 rings (SSSR count). The van der Waals surface area contributed by atoms with E-state index in [9.17, 15) is 14.4 Å². The summed E-state index contributed by atoms with van der Waals surface area (Å²) < 4.78 is 8.92. The summed E-state index contributed by atoms with van der Waals surface area (Å²) in [4.78, 5) is 41.7. The maximum absolute atomic E-state index is 13.5. The minimum Gasteiger partial charge on any atom is -0.492 e. The van der Waals surface area contributed by atoms with E-state index in [1.54, 1.807) is 34.8 Å². The SMILES string of the molecule is C[C@@H](C(=O)N1CCCNC(=O)[C@H](Cc2ccccc2)NC(=O)c2ccc(c(Cl)c2)OCCCn2cc(nn2)C1)n1cnnn1. The van der Waals surface area contributed by atoms with Crippen molar-refractivity contribution in [3.05, 3.63) is 82.9 Å². The van der Waals surface area contributed by atoms with Gasteiger partial charge in [0, 0.05) is 38.0 Å². The fourth-order valence-electron chi connectivity index (χ4n) is 4.78. The van der Waals surface area contributed by atoms with Crippen LogP contribution in [0.15, 0.2) is 61.1 Å². The van der Waals surface area contributed by atoms with E-state index in [1.807, 2.05) is 30.3 Å². The minimum atomic E-state index is -0.846. The van der Waals surface area contributed by atoms with Crippen molar-refractivity contribution in [1.29, 1.82) is 0 Å². The number of tetrazole rings is 1. The lowest BCUT2D eigenvalue weighted by Gasteiger charge is -2.25. The lowest BCUT2D eigenvalue weighted by atomic mass is 10.0. The maximum atomic E-state index is 13.5. The molecule has 2 aromatic heterocycles. The maximum Gasteiger partial charge on any atom is 0.251 e. The summed E-state index contributed by atoms with van der Waals surface area (Å²) in [7, 11) is 0. The van der Waals surface area contributed by atoms with Crippen LogP contribution in [0.3, 0.4) is 0 Å². The van der Waals surface area contributed by atoms with Gasteiger partial charge in [-0.25, -0.2) is 4.68 Å². The van der Waals surface area contributed by atoms with Gasteiger partial charge >= 0.3 is 0 Å². The van der Waals surface area contributed by atoms with E-state index in [2.05, 4.69) is 36.5 Å². The number of nitrogens with one attached hydrogen (secondary N) is 2. The number of aromatic nitrogens is 7. The zero-order valence-corrected chi connectivity index (χ0v) is 24.9. The summed E-state index contributed by atoms with van der Waals surface area (Å²) in [5, 5.41) is 25.6. The second kappa shape index (κ2) is 14.6. The van der Waals surface area contributed by atoms with Gasteiger partial charge in [0.2, 0.25) is 11.8 Å². The number of hydrogen-bond acceptors (Lipinski definition) is 9. The molecule has 2 atom stereocenters. The zero-order valence-electron chi connectivity index (χ0n) is 24.2. The van der Waals surface area contributed by atoms with Crippen molar-refractivity contribution in [3.63, 3.8) is 0 Å². The lowest BCUT2D eigenvalue weighted by molar-refractivity contribution is -0.135. The molecule has 2 aliphatic rings. The molecule has 0 saturated carbocycles. The van der Waals surface area contributed by atoms with Crippen LogP contribution >= 0.6 is 11.6 Å². The number of amides is 3. The molecule has 0 spiro atoms. The molecular weight excluding hydrogens is 588 g/mol. The molecule has 0 aliphatic carbocycles. The standard InChI is InChI=1S/C29H33ClN10O4/c1-20(40-19-32-35-37-40)29(43)38-12-5-11-31-28(42)25(15-21-7-3-2-4-8-21)33-27(41)22-9-10-26(24(30)16-22)44-14-6-13-39-18-23(17-38)34-36-39/h2-4,7-10,16,18-20,25H,5-6,11-15,17H2,1H3,(H,31,42)(H,33,41)/t20-,25-/m0/s1. The Morgan fingerprint density at radius 3 is 2.73 bits per heavy atom. The molecule has 0 unspecified atom stereocenters. The average Bonchev–Trinajstić information content (AvgIpc) is 3.73. The number of carbonyl (C=O) groups is 3. The molecule has 14 nitrogen and oxygen atoms in total. The molecule has 2 aliphatic heterocycles. The molecule has 3 amide bonds. The Morgan fingerprint density at radius 2 is 1.95 bits per heavy atom. The Balaban J connectivity index is 1.36. The highest BCUT2D eigenvalue weighted by Gasteiger charge is 2.25. The predicted octanol–water partition coefficient (Wildman–Crippen LogP) is 1.84. The van der Waals surface area contributed by atoms with Crippen LogP contribution in [0.1, 0.15) is 47.4 Å². The van der Waals surface area contributed by atoms with E-state index in [4.69, 9.17) is 16.3 Å². The van der Waals surface area contributed by atoms with Crippen LogP contribution in [0.25, 0.3) is 0 Å². The number of ether oxygens (including phenoxy) is 1. The Morgan fingerprint density at radius 1 is 1.11 bits per heavy atom. The van der Waals surface area contributed by atoms with Gasteiger partial charge in [0.05, 0.1) is 24.4 Å². The van der Waals surface area contributed by atoms with Gasteiger partial charge in [-0.3, -0.25) is 19.1 Å². The quantitative estimate of drug-likeness (QED) is 0.347. The van der Waals surface area contributed by atoms with Gasteiger partial charge < -0.3 is 20.3 Å². The molecule has 4 aromatic rings. The van der Waals surface area contributed by atoms with Gasteiger partial charge in [-0.15, -0.1) is 10.2 Å². The number of hydrogen-bond donors (Lipinski definition) is 2. The van der Waals surface area contributed by atoms with Crippen molar-refractivity contribution < 1.29 is 19.1 Å². The van der Waals surface area contributed by atoms with E-state index in [0.29, 0.717) is 49.5 Å². The highest BCUT2D eigenvalue weighted by Crippen LogP contribution is 2.26. The minimum absolute atomic E-state index is 0.208. The van der Waals surface area contributed by atoms with Gasteiger partial charge in [-0.2, -0.15) is 0 Å². The third-order valence-corrected chi connectivity index (χ3v) is 7.46. The third-order valence-electron chi connectivity index (χ3n) is 7.16. The van der Waals surface area contributed by atoms with Crippen LogP contribution in [0.4, 0.5) is 0 Å². The smallest absolute Gasteiger partial charge is 0.251 e. The monoisotopic (exact) mass is 620 g/mol. The fraction of sp³-hybridized carbons (Fsp3) is 0.379. The first-order valence-corrected chi connectivity index (χ1v) is 14.7. The predicted molar refractivity (Wildman–Crippen MR) is 159 cm³/mol. The molecule has 2 N–H and O–H groups in total. The molecule has 0 radical (unpaired) electrons. The second-order valence-electron chi connectivity index (χ2n) is 10.4. The molecule has 230 valence electrons. The first kappa shape index (κ1) is 30.6. The van der Waals surface area contributed by atoms with Crippen molar-refractivity contribution in [2.45, 2.75) is 51.4 Å². The van der Waals surface area contributed by atoms with Gasteiger partial charge in [-0.1, -0.05) is 47.1 Å². The number of benzene rings is 2. The van der Waals surface area contributed by atoms with Crippen LogP contribution < -0.4 is 15.4 Å². The Kier molecular flexibility index (Phi) is 10.1. The van der Waals surface area contributed by atoms with Crippen molar-refractivity contribution >= 4 is 29.3 Å². The first-order valence-electron chi connectivity index (χ1n) is 14.3. The average molecular weight is 621 g/mol. The van der Waals surface area contributed by atoms with Gasteiger partial charge in [-0.05, 0) is 47.5 Å². The van der Waals surface area contributed by atoms with Crippen molar-refractivity contribution in [1.82, 2.24) is 50.7 Å². The first-order chi connectivity index (χ1) is 21.4. The Bertz CT molecular complexity index is 1560. The fourth-order valence-corrected chi connectivity index (χ4v) is 5.01. The van der Waals surface area contributed by atoms with Crippen LogP contribution in [0.2, 0.25) is 5.02 Å². The number of rotatable bonds is 4. The molecular formula is C29H33ClN10O4. The Labute approximate surface area is 258 Å². The van der Waals surface area contributed by atoms with Crippen molar-refractivity contribution in [3.8, 4) is 5.75 Å². The number of aryl methyl sites for hydroxylation is 1. The summed E-state index contributed by atoms with van der Waals surface area (Å²) in [6.45, 7) is 3.42. The molecule has 15 heteroatoms. The molecule has 2 aromatic carbocycles. The largest absolute Gasteiger partial charge is 0.492 e. The van der Waals surface area contributed by atoms with E-state index in [0.717, 1.165) is 5.56 Å². The van der Waals surface area contributed by atoms with Crippen LogP contribution in [-0.2, 0) is 29.1 Å². The van der Waals surface area contributed by atoms with Crippen LogP contribution in [0.5, 0.6) is 5.75 Å². The highest BCUT2D eigenvalue weighted by atomic mass is 35.5. The number of fused-ring (bicyclic) bond motifs is 14. The summed E-state index contributed by atoms with van der Waals surface area (Å²) >= 11 is 6.43. The Hall–Kier alpha value is -4.85.